The minimum absolute atomic E-state index is 0.0540. The molecule has 0 radical (unpaired) electrons. The lowest BCUT2D eigenvalue weighted by Crippen LogP contribution is -2.50. The minimum atomic E-state index is -3.90. The summed E-state index contributed by atoms with van der Waals surface area (Å²) in [6.45, 7) is 3.58. The van der Waals surface area contributed by atoms with Crippen LogP contribution in [0.1, 0.15) is 5.56 Å². The number of oxazole rings is 1. The van der Waals surface area contributed by atoms with Crippen molar-refractivity contribution in [3.63, 3.8) is 0 Å². The summed E-state index contributed by atoms with van der Waals surface area (Å²) in [5.41, 5.74) is 1.12. The number of hydrogen-bond acceptors (Lipinski definition) is 8. The zero-order chi connectivity index (χ0) is 25.1. The molecule has 1 aliphatic heterocycles. The molecule has 10 heteroatoms. The Morgan fingerprint density at radius 1 is 1.00 bits per heavy atom. The number of sulfone groups is 1. The summed E-state index contributed by atoms with van der Waals surface area (Å²) in [5.74, 6) is 0.986. The van der Waals surface area contributed by atoms with E-state index in [0.717, 1.165) is 10.4 Å². The molecular formula is C26H25N3O5S2. The number of nitrogens with zero attached hydrogens (tertiary/aromatic N) is 3. The third-order valence-electron chi connectivity index (χ3n) is 5.92. The zero-order valence-corrected chi connectivity index (χ0v) is 21.3. The van der Waals surface area contributed by atoms with Crippen molar-refractivity contribution in [3.8, 4) is 16.5 Å². The Hall–Kier alpha value is -3.63. The van der Waals surface area contributed by atoms with Gasteiger partial charge in [0.25, 0.3) is 5.91 Å². The van der Waals surface area contributed by atoms with Gasteiger partial charge in [-0.1, -0.05) is 42.0 Å². The fourth-order valence-electron chi connectivity index (χ4n) is 3.92. The summed E-state index contributed by atoms with van der Waals surface area (Å²) < 4.78 is 38.6. The number of piperazine rings is 1. The summed E-state index contributed by atoms with van der Waals surface area (Å²) in [6.07, 6.45) is 0. The van der Waals surface area contributed by atoms with Gasteiger partial charge in [0.05, 0.1) is 9.77 Å². The maximum Gasteiger partial charge on any atom is 0.260 e. The molecule has 1 fully saturated rings. The number of hydrogen-bond donors (Lipinski definition) is 0. The van der Waals surface area contributed by atoms with Crippen LogP contribution in [0.3, 0.4) is 0 Å². The summed E-state index contributed by atoms with van der Waals surface area (Å²) in [7, 11) is -3.90. The molecule has 0 bridgehead atoms. The molecule has 186 valence electrons. The number of amides is 1. The lowest BCUT2D eigenvalue weighted by molar-refractivity contribution is -0.133. The smallest absolute Gasteiger partial charge is 0.260 e. The molecule has 1 saturated heterocycles. The molecule has 0 unspecified atom stereocenters. The van der Waals surface area contributed by atoms with E-state index in [9.17, 15) is 13.2 Å². The number of rotatable bonds is 7. The SMILES string of the molecule is Cc1ccc(OCC(=O)N2CCN(c3oc(-c4cccs4)nc3S(=O)(=O)c3ccccc3)CC2)cc1. The molecule has 0 atom stereocenters. The molecule has 0 aliphatic carbocycles. The Balaban J connectivity index is 1.33. The van der Waals surface area contributed by atoms with Crippen molar-refractivity contribution >= 4 is 33.0 Å². The first kappa shape index (κ1) is 24.1. The first-order valence-electron chi connectivity index (χ1n) is 11.5. The highest BCUT2D eigenvalue weighted by molar-refractivity contribution is 7.91. The molecule has 3 heterocycles. The highest BCUT2D eigenvalue weighted by atomic mass is 32.2. The molecule has 8 nitrogen and oxygen atoms in total. The second kappa shape index (κ2) is 10.2. The van der Waals surface area contributed by atoms with Gasteiger partial charge >= 0.3 is 0 Å². The van der Waals surface area contributed by atoms with Crippen LogP contribution in [0, 0.1) is 6.92 Å². The lowest BCUT2D eigenvalue weighted by Gasteiger charge is -2.34. The number of carbonyl (C=O) groups excluding carboxylic acids is 1. The first-order valence-corrected chi connectivity index (χ1v) is 13.8. The van der Waals surface area contributed by atoms with Gasteiger partial charge in [-0.05, 0) is 42.6 Å². The summed E-state index contributed by atoms with van der Waals surface area (Å²) in [6, 6.07) is 19.4. The standard InChI is InChI=1S/C26H25N3O5S2/c1-19-9-11-20(12-10-19)33-18-23(30)28-13-15-29(16-14-28)26-25(27-24(34-26)22-8-5-17-35-22)36(31,32)21-6-3-2-4-7-21/h2-12,17H,13-16,18H2,1H3. The zero-order valence-electron chi connectivity index (χ0n) is 19.7. The Labute approximate surface area is 213 Å². The maximum absolute atomic E-state index is 13.5. The van der Waals surface area contributed by atoms with Gasteiger partial charge in [-0.25, -0.2) is 8.42 Å². The van der Waals surface area contributed by atoms with E-state index in [1.54, 1.807) is 35.2 Å². The predicted octanol–water partition coefficient (Wildman–Crippen LogP) is 4.27. The van der Waals surface area contributed by atoms with E-state index < -0.39 is 9.84 Å². The molecule has 1 aliphatic rings. The third kappa shape index (κ3) is 5.00. The van der Waals surface area contributed by atoms with Crippen LogP contribution in [0.15, 0.2) is 86.4 Å². The third-order valence-corrected chi connectivity index (χ3v) is 8.45. The quantitative estimate of drug-likeness (QED) is 0.357. The topological polar surface area (TPSA) is 92.9 Å². The number of carbonyl (C=O) groups is 1. The first-order chi connectivity index (χ1) is 17.4. The van der Waals surface area contributed by atoms with E-state index in [4.69, 9.17) is 9.15 Å². The van der Waals surface area contributed by atoms with Crippen LogP contribution in [-0.4, -0.2) is 57.0 Å². The average molecular weight is 524 g/mol. The number of benzene rings is 2. The Kier molecular flexibility index (Phi) is 6.80. The lowest BCUT2D eigenvalue weighted by atomic mass is 10.2. The molecule has 0 spiro atoms. The van der Waals surface area contributed by atoms with Crippen LogP contribution in [0.2, 0.25) is 0 Å². The van der Waals surface area contributed by atoms with Crippen molar-refractivity contribution in [3.05, 3.63) is 77.7 Å². The maximum atomic E-state index is 13.5. The van der Waals surface area contributed by atoms with Gasteiger partial charge in [-0.15, -0.1) is 11.3 Å². The van der Waals surface area contributed by atoms with Crippen LogP contribution in [0.4, 0.5) is 5.88 Å². The van der Waals surface area contributed by atoms with Crippen molar-refractivity contribution in [1.82, 2.24) is 9.88 Å². The highest BCUT2D eigenvalue weighted by Crippen LogP contribution is 2.36. The van der Waals surface area contributed by atoms with Crippen molar-refractivity contribution in [2.75, 3.05) is 37.7 Å². The molecule has 4 aromatic rings. The van der Waals surface area contributed by atoms with Crippen molar-refractivity contribution in [2.24, 2.45) is 0 Å². The van der Waals surface area contributed by atoms with Crippen LogP contribution in [-0.2, 0) is 14.6 Å². The Bertz CT molecular complexity index is 1420. The second-order valence-electron chi connectivity index (χ2n) is 8.39. The van der Waals surface area contributed by atoms with Crippen LogP contribution < -0.4 is 9.64 Å². The van der Waals surface area contributed by atoms with Gasteiger partial charge in [0.1, 0.15) is 5.75 Å². The fourth-order valence-corrected chi connectivity index (χ4v) is 5.91. The van der Waals surface area contributed by atoms with Gasteiger partial charge in [0, 0.05) is 26.2 Å². The van der Waals surface area contributed by atoms with E-state index in [1.165, 1.54) is 11.3 Å². The minimum Gasteiger partial charge on any atom is -0.484 e. The average Bonchev–Trinajstić information content (AvgIpc) is 3.60. The van der Waals surface area contributed by atoms with Gasteiger partial charge in [-0.3, -0.25) is 4.79 Å². The molecule has 5 rings (SSSR count). The van der Waals surface area contributed by atoms with E-state index in [0.29, 0.717) is 31.9 Å². The van der Waals surface area contributed by atoms with E-state index in [1.807, 2.05) is 53.6 Å². The number of ether oxygens (including phenoxy) is 1. The molecule has 36 heavy (non-hydrogen) atoms. The fraction of sp³-hybridized carbons (Fsp3) is 0.231. The molecule has 0 N–H and O–H groups in total. The van der Waals surface area contributed by atoms with Crippen molar-refractivity contribution < 1.29 is 22.4 Å². The molecule has 2 aromatic heterocycles. The highest BCUT2D eigenvalue weighted by Gasteiger charge is 2.33. The second-order valence-corrected chi connectivity index (χ2v) is 11.2. The number of aryl methyl sites for hydroxylation is 1. The van der Waals surface area contributed by atoms with Gasteiger partial charge in [0.2, 0.25) is 26.6 Å². The van der Waals surface area contributed by atoms with Crippen LogP contribution in [0.5, 0.6) is 5.75 Å². The monoisotopic (exact) mass is 523 g/mol. The van der Waals surface area contributed by atoms with Crippen molar-refractivity contribution in [2.45, 2.75) is 16.8 Å². The predicted molar refractivity (Wildman–Crippen MR) is 137 cm³/mol. The molecule has 1 amide bonds. The summed E-state index contributed by atoms with van der Waals surface area (Å²) in [4.78, 5) is 21.6. The van der Waals surface area contributed by atoms with Crippen molar-refractivity contribution in [1.29, 1.82) is 0 Å². The number of aromatic nitrogens is 1. The molecular weight excluding hydrogens is 498 g/mol. The number of thiophene rings is 1. The Morgan fingerprint density at radius 3 is 2.39 bits per heavy atom. The normalized spacial score (nSPS) is 14.1. The summed E-state index contributed by atoms with van der Waals surface area (Å²) >= 11 is 1.42. The van der Waals surface area contributed by atoms with Crippen LogP contribution >= 0.6 is 11.3 Å². The molecule has 2 aromatic carbocycles. The largest absolute Gasteiger partial charge is 0.484 e. The molecule has 0 saturated carbocycles. The van der Waals surface area contributed by atoms with E-state index in [-0.39, 0.29) is 34.2 Å². The van der Waals surface area contributed by atoms with Crippen LogP contribution in [0.25, 0.3) is 10.8 Å². The van der Waals surface area contributed by atoms with E-state index in [2.05, 4.69) is 4.98 Å². The van der Waals surface area contributed by atoms with E-state index >= 15 is 0 Å². The Morgan fingerprint density at radius 2 is 1.72 bits per heavy atom. The van der Waals surface area contributed by atoms with Gasteiger partial charge < -0.3 is 19.0 Å². The number of anilines is 1. The van der Waals surface area contributed by atoms with Gasteiger partial charge in [0.15, 0.2) is 6.61 Å². The van der Waals surface area contributed by atoms with Gasteiger partial charge in [-0.2, -0.15) is 4.98 Å². The summed E-state index contributed by atoms with van der Waals surface area (Å²) in [5, 5.41) is 1.77.